The summed E-state index contributed by atoms with van der Waals surface area (Å²) in [5.41, 5.74) is 5.56. The van der Waals surface area contributed by atoms with Gasteiger partial charge in [0, 0.05) is 11.4 Å². The summed E-state index contributed by atoms with van der Waals surface area (Å²) in [6.45, 7) is 0.536. The fraction of sp³-hybridized carbons (Fsp3) is 0.333. The van der Waals surface area contributed by atoms with E-state index >= 15 is 0 Å². The van der Waals surface area contributed by atoms with E-state index < -0.39 is 5.97 Å². The minimum absolute atomic E-state index is 0.0188. The Bertz CT molecular complexity index is 449. The smallest absolute Gasteiger partial charge is 0.337 e. The van der Waals surface area contributed by atoms with E-state index in [4.69, 9.17) is 22.4 Å². The molecule has 0 fully saturated rings. The summed E-state index contributed by atoms with van der Waals surface area (Å²) >= 11 is 5.71. The molecule has 0 spiro atoms. The van der Waals surface area contributed by atoms with E-state index in [1.165, 1.54) is 18.2 Å². The molecule has 18 heavy (non-hydrogen) atoms. The molecular weight excluding hydrogens is 256 g/mol. The SMILES string of the molecule is NCCCCC(=O)Nc1ccc(Cl)cc1C(=O)O. The summed E-state index contributed by atoms with van der Waals surface area (Å²) in [6.07, 6.45) is 1.76. The minimum atomic E-state index is -1.13. The zero-order valence-electron chi connectivity index (χ0n) is 9.78. The summed E-state index contributed by atoms with van der Waals surface area (Å²) in [5.74, 6) is -1.36. The average Bonchev–Trinajstić information content (AvgIpc) is 2.31. The van der Waals surface area contributed by atoms with Crippen LogP contribution in [0, 0.1) is 0 Å². The Morgan fingerprint density at radius 3 is 2.67 bits per heavy atom. The van der Waals surface area contributed by atoms with Crippen LogP contribution < -0.4 is 11.1 Å². The highest BCUT2D eigenvalue weighted by Gasteiger charge is 2.12. The minimum Gasteiger partial charge on any atom is -0.478 e. The van der Waals surface area contributed by atoms with Gasteiger partial charge in [0.15, 0.2) is 0 Å². The van der Waals surface area contributed by atoms with Crippen LogP contribution in [-0.2, 0) is 4.79 Å². The molecule has 1 amide bonds. The molecular formula is C12H15ClN2O3. The Morgan fingerprint density at radius 2 is 2.06 bits per heavy atom. The third-order valence-electron chi connectivity index (χ3n) is 2.34. The van der Waals surface area contributed by atoms with Gasteiger partial charge >= 0.3 is 5.97 Å². The van der Waals surface area contributed by atoms with Crippen LogP contribution in [0.4, 0.5) is 5.69 Å². The van der Waals surface area contributed by atoms with Crippen LogP contribution in [0.5, 0.6) is 0 Å². The number of anilines is 1. The zero-order valence-corrected chi connectivity index (χ0v) is 10.5. The summed E-state index contributed by atoms with van der Waals surface area (Å²) < 4.78 is 0. The van der Waals surface area contributed by atoms with Crippen LogP contribution >= 0.6 is 11.6 Å². The number of carboxylic acids is 1. The number of halogens is 1. The van der Waals surface area contributed by atoms with Crippen LogP contribution in [0.3, 0.4) is 0 Å². The Morgan fingerprint density at radius 1 is 1.33 bits per heavy atom. The quantitative estimate of drug-likeness (QED) is 0.690. The van der Waals surface area contributed by atoms with Gasteiger partial charge in [-0.25, -0.2) is 4.79 Å². The van der Waals surface area contributed by atoms with Crippen molar-refractivity contribution in [1.82, 2.24) is 0 Å². The third kappa shape index (κ3) is 4.35. The number of carbonyl (C=O) groups excluding carboxylic acids is 1. The lowest BCUT2D eigenvalue weighted by molar-refractivity contribution is -0.116. The molecule has 1 aromatic carbocycles. The van der Waals surface area contributed by atoms with E-state index in [-0.39, 0.29) is 17.2 Å². The average molecular weight is 271 g/mol. The number of benzene rings is 1. The second-order valence-corrected chi connectivity index (χ2v) is 4.23. The van der Waals surface area contributed by atoms with Crippen LogP contribution in [0.1, 0.15) is 29.6 Å². The van der Waals surface area contributed by atoms with Gasteiger partial charge in [0.2, 0.25) is 5.91 Å². The molecule has 0 aromatic heterocycles. The van der Waals surface area contributed by atoms with Crippen molar-refractivity contribution in [1.29, 1.82) is 0 Å². The molecule has 0 radical (unpaired) electrons. The van der Waals surface area contributed by atoms with E-state index in [0.717, 1.165) is 6.42 Å². The third-order valence-corrected chi connectivity index (χ3v) is 2.58. The highest BCUT2D eigenvalue weighted by molar-refractivity contribution is 6.31. The fourth-order valence-corrected chi connectivity index (χ4v) is 1.62. The fourth-order valence-electron chi connectivity index (χ4n) is 1.45. The first kappa shape index (κ1) is 14.5. The molecule has 0 atom stereocenters. The summed E-state index contributed by atoms with van der Waals surface area (Å²) in [6, 6.07) is 4.31. The van der Waals surface area contributed by atoms with Gasteiger partial charge in [-0.1, -0.05) is 11.6 Å². The maximum Gasteiger partial charge on any atom is 0.337 e. The molecule has 1 aromatic rings. The molecule has 0 aliphatic heterocycles. The maximum atomic E-state index is 11.6. The number of hydrogen-bond donors (Lipinski definition) is 3. The molecule has 6 heteroatoms. The van der Waals surface area contributed by atoms with E-state index in [9.17, 15) is 9.59 Å². The van der Waals surface area contributed by atoms with Gasteiger partial charge < -0.3 is 16.2 Å². The second kappa shape index (κ2) is 6.98. The van der Waals surface area contributed by atoms with Crippen LogP contribution in [-0.4, -0.2) is 23.5 Å². The Balaban J connectivity index is 2.72. The van der Waals surface area contributed by atoms with E-state index in [0.29, 0.717) is 24.4 Å². The zero-order chi connectivity index (χ0) is 13.5. The molecule has 0 aliphatic carbocycles. The first-order chi connectivity index (χ1) is 8.54. The molecule has 0 saturated heterocycles. The van der Waals surface area contributed by atoms with Gasteiger partial charge in [0.1, 0.15) is 0 Å². The van der Waals surface area contributed by atoms with Gasteiger partial charge in [-0.05, 0) is 37.6 Å². The normalized spacial score (nSPS) is 10.1. The van der Waals surface area contributed by atoms with Crippen molar-refractivity contribution < 1.29 is 14.7 Å². The monoisotopic (exact) mass is 270 g/mol. The lowest BCUT2D eigenvalue weighted by Gasteiger charge is -2.08. The predicted octanol–water partition coefficient (Wildman–Crippen LogP) is 2.11. The number of nitrogens with two attached hydrogens (primary N) is 1. The van der Waals surface area contributed by atoms with Crippen molar-refractivity contribution in [2.75, 3.05) is 11.9 Å². The number of hydrogen-bond acceptors (Lipinski definition) is 3. The molecule has 98 valence electrons. The first-order valence-corrected chi connectivity index (χ1v) is 5.95. The van der Waals surface area contributed by atoms with Crippen molar-refractivity contribution in [2.24, 2.45) is 5.73 Å². The van der Waals surface area contributed by atoms with Gasteiger partial charge in [0.25, 0.3) is 0 Å². The van der Waals surface area contributed by atoms with E-state index in [1.54, 1.807) is 0 Å². The van der Waals surface area contributed by atoms with Gasteiger partial charge in [0.05, 0.1) is 11.3 Å². The molecule has 0 unspecified atom stereocenters. The number of unbranched alkanes of at least 4 members (excludes halogenated alkanes) is 1. The van der Waals surface area contributed by atoms with Crippen molar-refractivity contribution in [3.8, 4) is 0 Å². The summed E-state index contributed by atoms with van der Waals surface area (Å²) in [4.78, 5) is 22.6. The van der Waals surface area contributed by atoms with Crippen molar-refractivity contribution >= 4 is 29.2 Å². The van der Waals surface area contributed by atoms with E-state index in [1.807, 2.05) is 0 Å². The van der Waals surface area contributed by atoms with Gasteiger partial charge in [-0.2, -0.15) is 0 Å². The summed E-state index contributed by atoms with van der Waals surface area (Å²) in [5, 5.41) is 11.9. The maximum absolute atomic E-state index is 11.6. The number of rotatable bonds is 6. The molecule has 1 rings (SSSR count). The molecule has 5 nitrogen and oxygen atoms in total. The van der Waals surface area contributed by atoms with E-state index in [2.05, 4.69) is 5.32 Å². The van der Waals surface area contributed by atoms with Crippen LogP contribution in [0.2, 0.25) is 5.02 Å². The largest absolute Gasteiger partial charge is 0.478 e. The molecule has 0 heterocycles. The summed E-state index contributed by atoms with van der Waals surface area (Å²) in [7, 11) is 0. The number of aromatic carboxylic acids is 1. The highest BCUT2D eigenvalue weighted by atomic mass is 35.5. The van der Waals surface area contributed by atoms with Gasteiger partial charge in [-0.3, -0.25) is 4.79 Å². The number of carboxylic acid groups (broad SMARTS) is 1. The first-order valence-electron chi connectivity index (χ1n) is 5.57. The van der Waals surface area contributed by atoms with Crippen molar-refractivity contribution in [3.63, 3.8) is 0 Å². The van der Waals surface area contributed by atoms with Crippen molar-refractivity contribution in [2.45, 2.75) is 19.3 Å². The molecule has 0 bridgehead atoms. The van der Waals surface area contributed by atoms with Crippen LogP contribution in [0.25, 0.3) is 0 Å². The molecule has 0 saturated carbocycles. The lowest BCUT2D eigenvalue weighted by atomic mass is 10.1. The Hall–Kier alpha value is -1.59. The Labute approximate surface area is 110 Å². The Kier molecular flexibility index (Phi) is 5.61. The highest BCUT2D eigenvalue weighted by Crippen LogP contribution is 2.21. The molecule has 0 aliphatic rings. The van der Waals surface area contributed by atoms with Crippen molar-refractivity contribution in [3.05, 3.63) is 28.8 Å². The van der Waals surface area contributed by atoms with Gasteiger partial charge in [-0.15, -0.1) is 0 Å². The standard InChI is InChI=1S/C12H15ClN2O3/c13-8-4-5-10(9(7-8)12(17)18)15-11(16)3-1-2-6-14/h4-5,7H,1-3,6,14H2,(H,15,16)(H,17,18). The topological polar surface area (TPSA) is 92.4 Å². The predicted molar refractivity (Wildman–Crippen MR) is 69.9 cm³/mol. The number of nitrogens with one attached hydrogen (secondary N) is 1. The number of carbonyl (C=O) groups is 2. The second-order valence-electron chi connectivity index (χ2n) is 3.79. The lowest BCUT2D eigenvalue weighted by Crippen LogP contribution is -2.14. The number of amides is 1. The van der Waals surface area contributed by atoms with Crippen LogP contribution in [0.15, 0.2) is 18.2 Å². The molecule has 4 N–H and O–H groups in total.